The number of rotatable bonds is 2. The van der Waals surface area contributed by atoms with E-state index in [1.807, 2.05) is 12.3 Å². The molecule has 2 N–H and O–H groups in total. The second kappa shape index (κ2) is 4.80. The van der Waals surface area contributed by atoms with Crippen molar-refractivity contribution in [2.45, 2.75) is 13.0 Å². The van der Waals surface area contributed by atoms with Gasteiger partial charge in [-0.25, -0.2) is 4.98 Å². The van der Waals surface area contributed by atoms with E-state index in [1.165, 1.54) is 5.56 Å². The average molecular weight is 220 g/mol. The maximum Gasteiger partial charge on any atom is 0.131 e. The number of aromatic nitrogens is 1. The Balaban J connectivity index is 2.22. The van der Waals surface area contributed by atoms with Gasteiger partial charge in [0.05, 0.1) is 6.04 Å². The lowest BCUT2D eigenvalue weighted by Crippen LogP contribution is -2.55. The van der Waals surface area contributed by atoms with Crippen LogP contribution in [-0.2, 0) is 0 Å². The van der Waals surface area contributed by atoms with Crippen LogP contribution in [0.4, 0.5) is 5.82 Å². The maximum atomic E-state index is 5.85. The first-order chi connectivity index (χ1) is 7.72. The van der Waals surface area contributed by atoms with Crippen LogP contribution in [0.1, 0.15) is 5.56 Å². The number of aryl methyl sites for hydroxylation is 1. The highest BCUT2D eigenvalue weighted by Crippen LogP contribution is 2.20. The number of pyridine rings is 1. The summed E-state index contributed by atoms with van der Waals surface area (Å²) < 4.78 is 0. The Hall–Kier alpha value is -1.13. The molecule has 1 fully saturated rings. The van der Waals surface area contributed by atoms with Crippen molar-refractivity contribution in [1.82, 2.24) is 9.88 Å². The molecule has 0 bridgehead atoms. The van der Waals surface area contributed by atoms with Gasteiger partial charge in [0.2, 0.25) is 0 Å². The first kappa shape index (κ1) is 11.4. The SMILES string of the molecule is Cc1cccnc1N1CCN(C)CC1CN. The molecule has 1 aliphatic rings. The summed E-state index contributed by atoms with van der Waals surface area (Å²) in [5.41, 5.74) is 7.07. The highest BCUT2D eigenvalue weighted by molar-refractivity contribution is 5.47. The summed E-state index contributed by atoms with van der Waals surface area (Å²) in [6, 6.07) is 4.47. The van der Waals surface area contributed by atoms with Crippen LogP contribution < -0.4 is 10.6 Å². The molecule has 4 nitrogen and oxygen atoms in total. The van der Waals surface area contributed by atoms with E-state index in [1.54, 1.807) is 0 Å². The van der Waals surface area contributed by atoms with E-state index in [-0.39, 0.29) is 0 Å². The van der Waals surface area contributed by atoms with Crippen LogP contribution in [0.25, 0.3) is 0 Å². The molecule has 2 heterocycles. The third-order valence-electron chi connectivity index (χ3n) is 3.21. The fourth-order valence-electron chi connectivity index (χ4n) is 2.27. The number of nitrogens with two attached hydrogens (primary N) is 1. The molecule has 4 heteroatoms. The number of piperazine rings is 1. The van der Waals surface area contributed by atoms with Crippen molar-refractivity contribution in [3.63, 3.8) is 0 Å². The molecule has 0 aliphatic carbocycles. The fourth-order valence-corrected chi connectivity index (χ4v) is 2.27. The molecule has 0 spiro atoms. The van der Waals surface area contributed by atoms with Crippen molar-refractivity contribution in [1.29, 1.82) is 0 Å². The van der Waals surface area contributed by atoms with Crippen molar-refractivity contribution in [3.8, 4) is 0 Å². The Labute approximate surface area is 97.1 Å². The highest BCUT2D eigenvalue weighted by atomic mass is 15.3. The van der Waals surface area contributed by atoms with Crippen LogP contribution >= 0.6 is 0 Å². The first-order valence-electron chi connectivity index (χ1n) is 5.79. The highest BCUT2D eigenvalue weighted by Gasteiger charge is 2.25. The second-order valence-corrected chi connectivity index (χ2v) is 4.49. The normalized spacial score (nSPS) is 22.4. The van der Waals surface area contributed by atoms with E-state index in [0.717, 1.165) is 25.5 Å². The van der Waals surface area contributed by atoms with Crippen molar-refractivity contribution in [2.75, 3.05) is 38.1 Å². The smallest absolute Gasteiger partial charge is 0.131 e. The summed E-state index contributed by atoms with van der Waals surface area (Å²) in [4.78, 5) is 9.15. The summed E-state index contributed by atoms with van der Waals surface area (Å²) in [7, 11) is 2.14. The topological polar surface area (TPSA) is 45.4 Å². The Bertz CT molecular complexity index is 353. The molecule has 16 heavy (non-hydrogen) atoms. The maximum absolute atomic E-state index is 5.85. The third-order valence-corrected chi connectivity index (χ3v) is 3.21. The van der Waals surface area contributed by atoms with Crippen LogP contribution in [-0.4, -0.2) is 49.2 Å². The van der Waals surface area contributed by atoms with Crippen molar-refractivity contribution in [2.24, 2.45) is 5.73 Å². The van der Waals surface area contributed by atoms with Gasteiger partial charge in [0.25, 0.3) is 0 Å². The molecule has 0 aromatic carbocycles. The van der Waals surface area contributed by atoms with Gasteiger partial charge in [0.1, 0.15) is 5.82 Å². The average Bonchev–Trinajstić information content (AvgIpc) is 2.30. The Morgan fingerprint density at radius 1 is 1.50 bits per heavy atom. The molecule has 1 aromatic rings. The molecule has 1 unspecified atom stereocenters. The number of nitrogens with zero attached hydrogens (tertiary/aromatic N) is 3. The van der Waals surface area contributed by atoms with E-state index in [9.17, 15) is 0 Å². The Morgan fingerprint density at radius 2 is 2.31 bits per heavy atom. The summed E-state index contributed by atoms with van der Waals surface area (Å²) in [5, 5.41) is 0. The molecule has 2 rings (SSSR count). The van der Waals surface area contributed by atoms with Gasteiger partial charge in [0, 0.05) is 32.4 Å². The minimum atomic E-state index is 0.382. The van der Waals surface area contributed by atoms with E-state index < -0.39 is 0 Å². The van der Waals surface area contributed by atoms with E-state index >= 15 is 0 Å². The number of hydrogen-bond donors (Lipinski definition) is 1. The van der Waals surface area contributed by atoms with Gasteiger partial charge in [-0.2, -0.15) is 0 Å². The van der Waals surface area contributed by atoms with Crippen molar-refractivity contribution < 1.29 is 0 Å². The Kier molecular flexibility index (Phi) is 3.41. The van der Waals surface area contributed by atoms with Crippen molar-refractivity contribution in [3.05, 3.63) is 23.9 Å². The standard InChI is InChI=1S/C12H20N4/c1-10-4-3-5-14-12(10)16-7-6-15(2)9-11(16)8-13/h3-5,11H,6-9,13H2,1-2H3. The van der Waals surface area contributed by atoms with Gasteiger partial charge in [-0.15, -0.1) is 0 Å². The van der Waals surface area contributed by atoms with E-state index in [0.29, 0.717) is 12.6 Å². The largest absolute Gasteiger partial charge is 0.350 e. The van der Waals surface area contributed by atoms with Gasteiger partial charge in [-0.1, -0.05) is 6.07 Å². The molecule has 1 aliphatic heterocycles. The molecular weight excluding hydrogens is 200 g/mol. The number of anilines is 1. The van der Waals surface area contributed by atoms with Crippen LogP contribution in [0.2, 0.25) is 0 Å². The predicted octanol–water partition coefficient (Wildman–Crippen LogP) is 0.469. The van der Waals surface area contributed by atoms with E-state index in [2.05, 4.69) is 34.8 Å². The van der Waals surface area contributed by atoms with Crippen LogP contribution in [0.3, 0.4) is 0 Å². The lowest BCUT2D eigenvalue weighted by molar-refractivity contribution is 0.268. The Morgan fingerprint density at radius 3 is 3.00 bits per heavy atom. The minimum Gasteiger partial charge on any atom is -0.350 e. The molecule has 88 valence electrons. The lowest BCUT2D eigenvalue weighted by atomic mass is 10.1. The van der Waals surface area contributed by atoms with Crippen LogP contribution in [0.5, 0.6) is 0 Å². The third kappa shape index (κ3) is 2.18. The molecular formula is C12H20N4. The zero-order chi connectivity index (χ0) is 11.5. The van der Waals surface area contributed by atoms with Gasteiger partial charge >= 0.3 is 0 Å². The zero-order valence-corrected chi connectivity index (χ0v) is 10.1. The minimum absolute atomic E-state index is 0.382. The number of likely N-dealkylation sites (N-methyl/N-ethyl adjacent to an activating group) is 1. The van der Waals surface area contributed by atoms with E-state index in [4.69, 9.17) is 5.73 Å². The molecule has 0 amide bonds. The van der Waals surface area contributed by atoms with Gasteiger partial charge in [0.15, 0.2) is 0 Å². The van der Waals surface area contributed by atoms with Gasteiger partial charge in [-0.05, 0) is 25.6 Å². The first-order valence-corrected chi connectivity index (χ1v) is 5.79. The number of hydrogen-bond acceptors (Lipinski definition) is 4. The molecule has 1 atom stereocenters. The summed E-state index contributed by atoms with van der Waals surface area (Å²) >= 11 is 0. The molecule has 1 aromatic heterocycles. The van der Waals surface area contributed by atoms with Gasteiger partial charge < -0.3 is 15.5 Å². The monoisotopic (exact) mass is 220 g/mol. The van der Waals surface area contributed by atoms with Crippen LogP contribution in [0.15, 0.2) is 18.3 Å². The zero-order valence-electron chi connectivity index (χ0n) is 10.1. The summed E-state index contributed by atoms with van der Waals surface area (Å²) in [6.07, 6.45) is 1.86. The molecule has 0 saturated carbocycles. The van der Waals surface area contributed by atoms with Crippen molar-refractivity contribution >= 4 is 5.82 Å². The lowest BCUT2D eigenvalue weighted by Gasteiger charge is -2.40. The van der Waals surface area contributed by atoms with Crippen LogP contribution in [0, 0.1) is 6.92 Å². The predicted molar refractivity (Wildman–Crippen MR) is 66.7 cm³/mol. The van der Waals surface area contributed by atoms with Gasteiger partial charge in [-0.3, -0.25) is 0 Å². The quantitative estimate of drug-likeness (QED) is 0.787. The summed E-state index contributed by atoms with van der Waals surface area (Å²) in [5.74, 6) is 1.09. The fraction of sp³-hybridized carbons (Fsp3) is 0.583. The molecule has 1 saturated heterocycles. The molecule has 0 radical (unpaired) electrons. The summed E-state index contributed by atoms with van der Waals surface area (Å²) in [6.45, 7) is 5.89. The second-order valence-electron chi connectivity index (χ2n) is 4.49.